The third-order valence-corrected chi connectivity index (χ3v) is 4.97. The maximum absolute atomic E-state index is 13.0. The van der Waals surface area contributed by atoms with Crippen LogP contribution in [-0.2, 0) is 0 Å². The molecular weight excluding hydrogens is 367 g/mol. The molecule has 1 aliphatic rings. The van der Waals surface area contributed by atoms with Gasteiger partial charge in [0.15, 0.2) is 0 Å². The quantitative estimate of drug-likeness (QED) is 0.628. The Morgan fingerprint density at radius 3 is 2.28 bits per heavy atom. The number of halogens is 1. The topological polar surface area (TPSA) is 57.3 Å². The average molecular weight is 390 g/mol. The first-order valence-electron chi connectivity index (χ1n) is 9.82. The molecule has 2 N–H and O–H groups in total. The number of aromatic nitrogens is 1. The summed E-state index contributed by atoms with van der Waals surface area (Å²) in [6.07, 6.45) is 5.40. The Kier molecular flexibility index (Phi) is 5.70. The van der Waals surface area contributed by atoms with Crippen LogP contribution in [0.2, 0.25) is 0 Å². The Balaban J connectivity index is 1.41. The van der Waals surface area contributed by atoms with Crippen molar-refractivity contribution < 1.29 is 9.18 Å². The second-order valence-electron chi connectivity index (χ2n) is 7.11. The van der Waals surface area contributed by atoms with Gasteiger partial charge in [-0.1, -0.05) is 0 Å². The number of carbonyl (C=O) groups excluding carboxylic acids is 1. The molecule has 1 aliphatic heterocycles. The molecule has 0 atom stereocenters. The van der Waals surface area contributed by atoms with Crippen LogP contribution in [0.15, 0.2) is 66.9 Å². The van der Waals surface area contributed by atoms with Crippen molar-refractivity contribution in [3.8, 4) is 0 Å². The Morgan fingerprint density at radius 1 is 0.862 bits per heavy atom. The number of rotatable bonds is 5. The number of nitrogens with zero attached hydrogens (tertiary/aromatic N) is 2. The van der Waals surface area contributed by atoms with E-state index in [0.717, 1.165) is 24.5 Å². The molecule has 1 amide bonds. The summed E-state index contributed by atoms with van der Waals surface area (Å²) in [5, 5.41) is 6.03. The molecule has 1 aromatic heterocycles. The summed E-state index contributed by atoms with van der Waals surface area (Å²) in [6, 6.07) is 17.5. The summed E-state index contributed by atoms with van der Waals surface area (Å²) in [5.41, 5.74) is 3.76. The summed E-state index contributed by atoms with van der Waals surface area (Å²) in [7, 11) is 0. The SMILES string of the molecule is O=C(Nc1ccc(F)cc1)c1cc(Nc2ccc(N3CCCCC3)cc2)ccn1. The van der Waals surface area contributed by atoms with Crippen LogP contribution in [0, 0.1) is 5.82 Å². The highest BCUT2D eigenvalue weighted by atomic mass is 19.1. The lowest BCUT2D eigenvalue weighted by molar-refractivity contribution is 0.102. The van der Waals surface area contributed by atoms with Crippen molar-refractivity contribution in [2.75, 3.05) is 28.6 Å². The fourth-order valence-electron chi connectivity index (χ4n) is 3.44. The predicted octanol–water partition coefficient (Wildman–Crippen LogP) is 5.21. The Morgan fingerprint density at radius 2 is 1.55 bits per heavy atom. The molecule has 2 aromatic carbocycles. The van der Waals surface area contributed by atoms with E-state index in [1.54, 1.807) is 12.3 Å². The number of anilines is 4. The summed E-state index contributed by atoms with van der Waals surface area (Å²) in [6.45, 7) is 2.23. The standard InChI is InChI=1S/C23H23FN4O/c24-17-4-6-19(7-5-17)27-23(29)22-16-20(12-13-25-22)26-18-8-10-21(11-9-18)28-14-2-1-3-15-28/h4-13,16H,1-3,14-15H2,(H,25,26)(H,27,29). The van der Waals surface area contributed by atoms with Gasteiger partial charge in [-0.3, -0.25) is 9.78 Å². The number of pyridine rings is 1. The third-order valence-electron chi connectivity index (χ3n) is 4.97. The van der Waals surface area contributed by atoms with Crippen molar-refractivity contribution in [2.24, 2.45) is 0 Å². The smallest absolute Gasteiger partial charge is 0.274 e. The van der Waals surface area contributed by atoms with Crippen molar-refractivity contribution >= 4 is 28.7 Å². The van der Waals surface area contributed by atoms with Crippen LogP contribution in [0.25, 0.3) is 0 Å². The van der Waals surface area contributed by atoms with Crippen LogP contribution in [0.1, 0.15) is 29.8 Å². The number of piperidine rings is 1. The first-order valence-corrected chi connectivity index (χ1v) is 9.82. The van der Waals surface area contributed by atoms with E-state index >= 15 is 0 Å². The Bertz CT molecular complexity index is 967. The largest absolute Gasteiger partial charge is 0.372 e. The van der Waals surface area contributed by atoms with Gasteiger partial charge in [0.2, 0.25) is 0 Å². The maximum atomic E-state index is 13.0. The van der Waals surface area contributed by atoms with Crippen molar-refractivity contribution in [3.05, 3.63) is 78.4 Å². The minimum Gasteiger partial charge on any atom is -0.372 e. The lowest BCUT2D eigenvalue weighted by Gasteiger charge is -2.28. The van der Waals surface area contributed by atoms with Crippen LogP contribution in [0.4, 0.5) is 27.1 Å². The summed E-state index contributed by atoms with van der Waals surface area (Å²) in [5.74, 6) is -0.695. The fraction of sp³-hybridized carbons (Fsp3) is 0.217. The molecule has 1 saturated heterocycles. The van der Waals surface area contributed by atoms with E-state index in [0.29, 0.717) is 5.69 Å². The van der Waals surface area contributed by atoms with E-state index in [1.807, 2.05) is 18.2 Å². The van der Waals surface area contributed by atoms with Gasteiger partial charge in [0, 0.05) is 42.0 Å². The van der Waals surface area contributed by atoms with Crippen LogP contribution in [-0.4, -0.2) is 24.0 Å². The molecule has 2 heterocycles. The van der Waals surface area contributed by atoms with E-state index in [1.165, 1.54) is 49.2 Å². The molecule has 0 radical (unpaired) electrons. The molecule has 0 spiro atoms. The van der Waals surface area contributed by atoms with Crippen LogP contribution in [0.3, 0.4) is 0 Å². The van der Waals surface area contributed by atoms with Crippen LogP contribution in [0.5, 0.6) is 0 Å². The molecule has 1 fully saturated rings. The van der Waals surface area contributed by atoms with Gasteiger partial charge in [0.25, 0.3) is 5.91 Å². The van der Waals surface area contributed by atoms with Gasteiger partial charge in [-0.05, 0) is 79.9 Å². The summed E-state index contributed by atoms with van der Waals surface area (Å²) in [4.78, 5) is 19.0. The zero-order valence-corrected chi connectivity index (χ0v) is 16.1. The third kappa shape index (κ3) is 4.90. The lowest BCUT2D eigenvalue weighted by atomic mass is 10.1. The molecular formula is C23H23FN4O. The van der Waals surface area contributed by atoms with Gasteiger partial charge < -0.3 is 15.5 Å². The van der Waals surface area contributed by atoms with Gasteiger partial charge in [0.05, 0.1) is 0 Å². The van der Waals surface area contributed by atoms with E-state index in [9.17, 15) is 9.18 Å². The fourth-order valence-corrected chi connectivity index (χ4v) is 3.44. The summed E-state index contributed by atoms with van der Waals surface area (Å²) < 4.78 is 13.0. The van der Waals surface area contributed by atoms with Gasteiger partial charge >= 0.3 is 0 Å². The highest BCUT2D eigenvalue weighted by Crippen LogP contribution is 2.24. The lowest BCUT2D eigenvalue weighted by Crippen LogP contribution is -2.29. The van der Waals surface area contributed by atoms with Gasteiger partial charge in [-0.25, -0.2) is 4.39 Å². The van der Waals surface area contributed by atoms with E-state index in [2.05, 4.69) is 32.7 Å². The molecule has 0 saturated carbocycles. The number of amides is 1. The van der Waals surface area contributed by atoms with Crippen molar-refractivity contribution in [1.29, 1.82) is 0 Å². The molecule has 5 nitrogen and oxygen atoms in total. The Labute approximate surface area is 169 Å². The first kappa shape index (κ1) is 18.9. The second kappa shape index (κ2) is 8.73. The minimum absolute atomic E-state index is 0.282. The monoisotopic (exact) mass is 390 g/mol. The molecule has 148 valence electrons. The summed E-state index contributed by atoms with van der Waals surface area (Å²) >= 11 is 0. The van der Waals surface area contributed by atoms with Crippen molar-refractivity contribution in [2.45, 2.75) is 19.3 Å². The first-order chi connectivity index (χ1) is 14.2. The van der Waals surface area contributed by atoms with Gasteiger partial charge in [-0.15, -0.1) is 0 Å². The van der Waals surface area contributed by atoms with Crippen LogP contribution < -0.4 is 15.5 Å². The Hall–Kier alpha value is -3.41. The second-order valence-corrected chi connectivity index (χ2v) is 7.11. The molecule has 29 heavy (non-hydrogen) atoms. The van der Waals surface area contributed by atoms with Gasteiger partial charge in [-0.2, -0.15) is 0 Å². The van der Waals surface area contributed by atoms with E-state index in [4.69, 9.17) is 0 Å². The molecule has 0 bridgehead atoms. The van der Waals surface area contributed by atoms with Gasteiger partial charge in [0.1, 0.15) is 11.5 Å². The molecule has 6 heteroatoms. The number of carbonyl (C=O) groups is 1. The number of benzene rings is 2. The van der Waals surface area contributed by atoms with Crippen molar-refractivity contribution in [3.63, 3.8) is 0 Å². The van der Waals surface area contributed by atoms with E-state index in [-0.39, 0.29) is 17.4 Å². The van der Waals surface area contributed by atoms with Crippen LogP contribution >= 0.6 is 0 Å². The highest BCUT2D eigenvalue weighted by molar-refractivity contribution is 6.03. The van der Waals surface area contributed by atoms with Crippen molar-refractivity contribution in [1.82, 2.24) is 4.98 Å². The number of hydrogen-bond donors (Lipinski definition) is 2. The molecule has 4 rings (SSSR count). The zero-order chi connectivity index (χ0) is 20.1. The maximum Gasteiger partial charge on any atom is 0.274 e. The predicted molar refractivity (Wildman–Crippen MR) is 114 cm³/mol. The molecule has 0 aliphatic carbocycles. The number of hydrogen-bond acceptors (Lipinski definition) is 4. The zero-order valence-electron chi connectivity index (χ0n) is 16.1. The average Bonchev–Trinajstić information content (AvgIpc) is 2.77. The molecule has 0 unspecified atom stereocenters. The normalized spacial score (nSPS) is 13.8. The minimum atomic E-state index is -0.348. The highest BCUT2D eigenvalue weighted by Gasteiger charge is 2.11. The number of nitrogens with one attached hydrogen (secondary N) is 2. The molecule has 3 aromatic rings. The van der Waals surface area contributed by atoms with E-state index < -0.39 is 0 Å².